The van der Waals surface area contributed by atoms with Crippen molar-refractivity contribution < 1.29 is 33.8 Å². The average Bonchev–Trinajstić information content (AvgIpc) is 4.02. The number of hydrogen-bond donors (Lipinski definition) is 3. The largest absolute Gasteiger partial charge is 0.492 e. The lowest BCUT2D eigenvalue weighted by molar-refractivity contribution is -0.144. The molecule has 1 saturated heterocycles. The van der Waals surface area contributed by atoms with Gasteiger partial charge < -0.3 is 35.0 Å². The summed E-state index contributed by atoms with van der Waals surface area (Å²) in [6.45, 7) is 10.8. The highest BCUT2D eigenvalue weighted by Crippen LogP contribution is 2.35. The van der Waals surface area contributed by atoms with Crippen molar-refractivity contribution in [3.63, 3.8) is 0 Å². The molecule has 1 aromatic heterocycles. The van der Waals surface area contributed by atoms with Crippen LogP contribution in [0.4, 0.5) is 0 Å². The normalized spacial score (nSPS) is 15.3. The molecule has 2 heterocycles. The maximum absolute atomic E-state index is 14.0. The number of ether oxygens (including phenoxy) is 2. The fourth-order valence-corrected chi connectivity index (χ4v) is 9.89. The van der Waals surface area contributed by atoms with E-state index in [-0.39, 0.29) is 44.5 Å². The molecule has 7 rings (SSSR count). The van der Waals surface area contributed by atoms with E-state index in [4.69, 9.17) is 9.47 Å². The zero-order valence-electron chi connectivity index (χ0n) is 42.9. The number of benzene rings is 5. The summed E-state index contributed by atoms with van der Waals surface area (Å²) in [5.41, 5.74) is 12.1. The highest BCUT2D eigenvalue weighted by atomic mass is 32.1. The van der Waals surface area contributed by atoms with E-state index < -0.39 is 35.4 Å². The van der Waals surface area contributed by atoms with Crippen LogP contribution in [0.3, 0.4) is 0 Å². The van der Waals surface area contributed by atoms with Crippen LogP contribution >= 0.6 is 11.3 Å². The summed E-state index contributed by atoms with van der Waals surface area (Å²) in [4.78, 5) is 62.3. The summed E-state index contributed by atoms with van der Waals surface area (Å²) in [6.07, 6.45) is 1.65. The minimum Gasteiger partial charge on any atom is -0.492 e. The number of allylic oxidation sites excluding steroid dienone is 1. The summed E-state index contributed by atoms with van der Waals surface area (Å²) in [6, 6.07) is 43.3. The van der Waals surface area contributed by atoms with E-state index >= 15 is 0 Å². The smallest absolute Gasteiger partial charge is 0.246 e. The van der Waals surface area contributed by atoms with E-state index in [0.29, 0.717) is 32.4 Å². The molecule has 4 amide bonds. The molecule has 3 N–H and O–H groups in total. The van der Waals surface area contributed by atoms with Gasteiger partial charge in [0, 0.05) is 33.0 Å². The molecule has 1 aliphatic rings. The Balaban J connectivity index is 0.811. The summed E-state index contributed by atoms with van der Waals surface area (Å²) < 4.78 is 11.8. The van der Waals surface area contributed by atoms with Crippen molar-refractivity contribution in [1.82, 2.24) is 25.4 Å². The lowest BCUT2D eigenvalue weighted by Crippen LogP contribution is -2.58. The summed E-state index contributed by atoms with van der Waals surface area (Å²) >= 11 is 1.58. The van der Waals surface area contributed by atoms with Crippen LogP contribution in [0.5, 0.6) is 5.75 Å². The Labute approximate surface area is 434 Å². The predicted octanol–water partition coefficient (Wildman–Crippen LogP) is 9.33. The second kappa shape index (κ2) is 25.6. The van der Waals surface area contributed by atoms with Crippen LogP contribution in [0.2, 0.25) is 0 Å². The third kappa shape index (κ3) is 14.8. The molecule has 0 radical (unpaired) electrons. The highest BCUT2D eigenvalue weighted by molar-refractivity contribution is 7.13. The van der Waals surface area contributed by atoms with Gasteiger partial charge in [0.2, 0.25) is 23.6 Å². The second-order valence-corrected chi connectivity index (χ2v) is 20.5. The van der Waals surface area contributed by atoms with Gasteiger partial charge in [-0.1, -0.05) is 149 Å². The number of aromatic nitrogens is 1. The Kier molecular flexibility index (Phi) is 18.9. The molecule has 0 unspecified atom stereocenters. The van der Waals surface area contributed by atoms with E-state index in [2.05, 4.69) is 83.2 Å². The number of thiazole rings is 1. The van der Waals surface area contributed by atoms with Crippen molar-refractivity contribution >= 4 is 46.1 Å². The zero-order valence-corrected chi connectivity index (χ0v) is 43.8. The molecule has 12 nitrogen and oxygen atoms in total. The van der Waals surface area contributed by atoms with Crippen LogP contribution in [0.15, 0.2) is 139 Å². The van der Waals surface area contributed by atoms with Gasteiger partial charge in [-0.2, -0.15) is 0 Å². The molecule has 13 heteroatoms. The zero-order chi connectivity index (χ0) is 51.9. The number of likely N-dealkylation sites (N-methyl/N-ethyl adjacent to an activating group) is 1. The topological polar surface area (TPSA) is 150 Å². The molecule has 0 spiro atoms. The lowest BCUT2D eigenvalue weighted by Gasteiger charge is -2.35. The first-order valence-corrected chi connectivity index (χ1v) is 26.1. The van der Waals surface area contributed by atoms with Gasteiger partial charge in [0.1, 0.15) is 31.0 Å². The first kappa shape index (κ1) is 53.9. The van der Waals surface area contributed by atoms with Crippen LogP contribution < -0.4 is 15.4 Å². The molecule has 0 aliphatic carbocycles. The molecule has 1 fully saturated rings. The van der Waals surface area contributed by atoms with Crippen LogP contribution in [0.1, 0.15) is 86.0 Å². The fourth-order valence-electron chi connectivity index (χ4n) is 9.08. The monoisotopic (exact) mass is 1000 g/mol. The first-order chi connectivity index (χ1) is 35.2. The van der Waals surface area contributed by atoms with E-state index in [1.165, 1.54) is 27.2 Å². The molecule has 1 aliphatic heterocycles. The van der Waals surface area contributed by atoms with Crippen molar-refractivity contribution in [3.05, 3.63) is 178 Å². The summed E-state index contributed by atoms with van der Waals surface area (Å²) in [5.74, 6) is -0.463. The van der Waals surface area contributed by atoms with E-state index in [0.717, 1.165) is 50.6 Å². The minimum atomic E-state index is -0.958. The number of nitrogens with one attached hydrogen (secondary N) is 2. The van der Waals surface area contributed by atoms with Gasteiger partial charge in [-0.3, -0.25) is 19.2 Å². The van der Waals surface area contributed by atoms with Crippen molar-refractivity contribution in [1.29, 1.82) is 0 Å². The Hall–Kier alpha value is -6.93. The van der Waals surface area contributed by atoms with Gasteiger partial charge in [-0.15, -0.1) is 11.3 Å². The van der Waals surface area contributed by atoms with Gasteiger partial charge in [0.25, 0.3) is 0 Å². The lowest BCUT2D eigenvalue weighted by atomic mass is 9.85. The number of carbonyl (C=O) groups is 4. The van der Waals surface area contributed by atoms with Gasteiger partial charge in [-0.25, -0.2) is 4.98 Å². The summed E-state index contributed by atoms with van der Waals surface area (Å²) in [7, 11) is 1.80. The molecule has 3 atom stereocenters. The van der Waals surface area contributed by atoms with Crippen molar-refractivity contribution in [2.75, 3.05) is 40.0 Å². The number of β-amino-alcohol motifs (C(OH)–C–C–N with tert-alkyl or cyclic N) is 1. The third-order valence-electron chi connectivity index (χ3n) is 13.2. The number of aliphatic hydroxyl groups excluding tert-OH is 1. The third-order valence-corrected chi connectivity index (χ3v) is 14.2. The van der Waals surface area contributed by atoms with Crippen LogP contribution in [0.25, 0.3) is 21.6 Å². The second-order valence-electron chi connectivity index (χ2n) is 19.7. The Morgan fingerprint density at radius 2 is 1.42 bits per heavy atom. The molecular formula is C60H69N5O7S. The van der Waals surface area contributed by atoms with Crippen LogP contribution in [0, 0.1) is 12.3 Å². The fraction of sp³-hybridized carbons (Fsp3) is 0.350. The molecule has 6 aromatic rings. The van der Waals surface area contributed by atoms with Crippen LogP contribution in [-0.4, -0.2) is 102 Å². The number of aliphatic hydroxyl groups is 1. The molecule has 382 valence electrons. The van der Waals surface area contributed by atoms with Crippen molar-refractivity contribution in [2.45, 2.75) is 91.5 Å². The van der Waals surface area contributed by atoms with E-state index in [1.807, 2.05) is 106 Å². The molecule has 5 aromatic carbocycles. The van der Waals surface area contributed by atoms with Crippen molar-refractivity contribution in [3.8, 4) is 16.2 Å². The number of aryl methyl sites for hydroxylation is 2. The first-order valence-electron chi connectivity index (χ1n) is 25.2. The number of carbonyl (C=O) groups excluding carboxylic acids is 4. The Morgan fingerprint density at radius 3 is 2.04 bits per heavy atom. The summed E-state index contributed by atoms with van der Waals surface area (Å²) in [5, 5.41) is 16.4. The van der Waals surface area contributed by atoms with E-state index in [9.17, 15) is 24.3 Å². The maximum atomic E-state index is 14.0. The van der Waals surface area contributed by atoms with Crippen LogP contribution in [-0.2, 0) is 43.3 Å². The van der Waals surface area contributed by atoms with Crippen molar-refractivity contribution in [2.24, 2.45) is 5.41 Å². The Morgan fingerprint density at radius 1 is 0.808 bits per heavy atom. The molecular weight excluding hydrogens is 935 g/mol. The standard InChI is InChI=1S/C60H69N5O7S/c1-7-51(45-14-10-8-11-15-45)55(46-16-12-9-13-17-46)47-27-29-50(30-28-47)72-35-33-64(6)54(68)31-24-42-18-20-43(21-19-42)32-34-71-39-53(67)63-57(60(3,4)5)59(70)65-38-49(66)36-52(65)58(69)61-37-44-22-25-48(26-23-44)56-41(2)62-40-73-56/h8-23,25-30,40,49,52,57,66H,7,24,31-39H2,1-6H3,(H,61,69)(H,63,67)/b55-51-/t49-,52+,57-/m1/s1. The van der Waals surface area contributed by atoms with Gasteiger partial charge in [-0.05, 0) is 93.8 Å². The minimum absolute atomic E-state index is 0.0112. The molecule has 0 saturated carbocycles. The quantitative estimate of drug-likeness (QED) is 0.0450. The number of nitrogens with zero attached hydrogens (tertiary/aromatic N) is 3. The molecule has 0 bridgehead atoms. The van der Waals surface area contributed by atoms with Gasteiger partial charge in [0.05, 0.1) is 35.3 Å². The van der Waals surface area contributed by atoms with Gasteiger partial charge >= 0.3 is 0 Å². The Bertz CT molecular complexity index is 2790. The number of amides is 4. The highest BCUT2D eigenvalue weighted by Gasteiger charge is 2.44. The number of likely N-dealkylation sites (tertiary alicyclic amines) is 1. The van der Waals surface area contributed by atoms with Gasteiger partial charge in [0.15, 0.2) is 0 Å². The van der Waals surface area contributed by atoms with E-state index in [1.54, 1.807) is 23.3 Å². The average molecular weight is 1000 g/mol. The SMILES string of the molecule is CC/C(=C(\c1ccccc1)c1ccc(OCCN(C)C(=O)CCc2ccc(CCOCC(=O)N[C@H](C(=O)N3C[C@H](O)C[C@H]3C(=O)NCc3ccc(-c4scnc4C)cc3)C(C)(C)C)cc2)cc1)c1ccccc1. The maximum Gasteiger partial charge on any atom is 0.246 e. The number of hydrogen-bond acceptors (Lipinski definition) is 9. The molecule has 73 heavy (non-hydrogen) atoms. The predicted molar refractivity (Wildman–Crippen MR) is 290 cm³/mol. The number of rotatable bonds is 22.